The molecule has 3 rings (SSSR count). The molecule has 1 aliphatic rings. The molecule has 0 spiro atoms. The Balaban J connectivity index is 1.76. The molecule has 0 aromatic carbocycles. The molecule has 1 saturated heterocycles. The molecule has 0 saturated carbocycles. The second kappa shape index (κ2) is 4.79. The van der Waals surface area contributed by atoms with Gasteiger partial charge in [-0.15, -0.1) is 5.10 Å². The zero-order chi connectivity index (χ0) is 13.3. The number of fused-ring (bicyclic) bond motifs is 1. The van der Waals surface area contributed by atoms with E-state index in [1.54, 1.807) is 7.11 Å². The van der Waals surface area contributed by atoms with Crippen molar-refractivity contribution in [1.82, 2.24) is 14.6 Å². The summed E-state index contributed by atoms with van der Waals surface area (Å²) < 4.78 is 12.8. The van der Waals surface area contributed by atoms with Crippen molar-refractivity contribution in [2.75, 3.05) is 32.2 Å². The molecular weight excluding hydrogens is 244 g/mol. The van der Waals surface area contributed by atoms with Gasteiger partial charge in [0.25, 0.3) is 0 Å². The maximum atomic E-state index is 5.57. The molecule has 102 valence electrons. The van der Waals surface area contributed by atoms with E-state index in [9.17, 15) is 0 Å². The van der Waals surface area contributed by atoms with Gasteiger partial charge in [-0.2, -0.15) is 4.98 Å². The fourth-order valence-electron chi connectivity index (χ4n) is 2.31. The predicted octanol–water partition coefficient (Wildman–Crippen LogP) is 1.26. The van der Waals surface area contributed by atoms with Gasteiger partial charge in [0, 0.05) is 32.4 Å². The molecule has 0 amide bonds. The molecule has 0 aliphatic carbocycles. The number of hydrogen-bond donors (Lipinski definition) is 1. The van der Waals surface area contributed by atoms with Crippen LogP contribution in [-0.4, -0.2) is 47.1 Å². The van der Waals surface area contributed by atoms with Gasteiger partial charge in [-0.05, 0) is 19.1 Å². The molecule has 2 aromatic rings. The minimum atomic E-state index is -0.257. The van der Waals surface area contributed by atoms with E-state index in [1.165, 1.54) is 0 Å². The van der Waals surface area contributed by atoms with E-state index in [2.05, 4.69) is 15.4 Å². The third-order valence-electron chi connectivity index (χ3n) is 3.62. The van der Waals surface area contributed by atoms with Crippen LogP contribution in [-0.2, 0) is 9.47 Å². The van der Waals surface area contributed by atoms with Gasteiger partial charge in [-0.1, -0.05) is 6.07 Å². The predicted molar refractivity (Wildman–Crippen MR) is 71.4 cm³/mol. The lowest BCUT2D eigenvalue weighted by molar-refractivity contribution is -0.00630. The number of aromatic nitrogens is 3. The van der Waals surface area contributed by atoms with Crippen molar-refractivity contribution >= 4 is 11.6 Å². The molecular formula is C13H18N4O2. The number of hydrogen-bond acceptors (Lipinski definition) is 5. The molecule has 0 radical (unpaired) electrons. The molecule has 6 nitrogen and oxygen atoms in total. The lowest BCUT2D eigenvalue weighted by Crippen LogP contribution is -2.39. The third-order valence-corrected chi connectivity index (χ3v) is 3.62. The summed E-state index contributed by atoms with van der Waals surface area (Å²) in [5.74, 6) is 0.623. The Kier molecular flexibility index (Phi) is 3.12. The highest BCUT2D eigenvalue weighted by atomic mass is 16.5. The Morgan fingerprint density at radius 2 is 2.42 bits per heavy atom. The molecule has 3 heterocycles. The van der Waals surface area contributed by atoms with Crippen molar-refractivity contribution in [3.05, 3.63) is 23.9 Å². The minimum absolute atomic E-state index is 0.257. The summed E-state index contributed by atoms with van der Waals surface area (Å²) in [5, 5.41) is 7.68. The normalized spacial score (nSPS) is 23.1. The van der Waals surface area contributed by atoms with Gasteiger partial charge in [0.2, 0.25) is 5.95 Å². The number of anilines is 1. The summed E-state index contributed by atoms with van der Waals surface area (Å²) >= 11 is 0. The first-order chi connectivity index (χ1) is 9.22. The van der Waals surface area contributed by atoms with E-state index in [0.717, 1.165) is 24.4 Å². The Morgan fingerprint density at radius 1 is 1.53 bits per heavy atom. The fourth-order valence-corrected chi connectivity index (χ4v) is 2.31. The van der Waals surface area contributed by atoms with Gasteiger partial charge < -0.3 is 14.8 Å². The van der Waals surface area contributed by atoms with E-state index in [1.807, 2.05) is 29.6 Å². The molecule has 1 N–H and O–H groups in total. The number of aryl methyl sites for hydroxylation is 1. The zero-order valence-electron chi connectivity index (χ0n) is 11.2. The Hall–Kier alpha value is -1.66. The van der Waals surface area contributed by atoms with Gasteiger partial charge in [0.15, 0.2) is 5.65 Å². The summed E-state index contributed by atoms with van der Waals surface area (Å²) in [7, 11) is 1.72. The highest BCUT2D eigenvalue weighted by molar-refractivity contribution is 5.44. The summed E-state index contributed by atoms with van der Waals surface area (Å²) in [6.45, 7) is 4.02. The lowest BCUT2D eigenvalue weighted by atomic mass is 10.0. The third kappa shape index (κ3) is 2.29. The lowest BCUT2D eigenvalue weighted by Gasteiger charge is -2.25. The number of pyridine rings is 1. The first-order valence-electron chi connectivity index (χ1n) is 6.42. The van der Waals surface area contributed by atoms with Gasteiger partial charge in [-0.25, -0.2) is 4.52 Å². The van der Waals surface area contributed by atoms with Gasteiger partial charge in [-0.3, -0.25) is 0 Å². The van der Waals surface area contributed by atoms with Crippen molar-refractivity contribution in [2.24, 2.45) is 0 Å². The standard InChI is InChI=1S/C13H18N4O2/c1-10-4-3-5-11-15-12(16-17(10)11)14-8-13(18-2)6-7-19-9-13/h3-5H,6-9H2,1-2H3,(H,14,16). The van der Waals surface area contributed by atoms with Gasteiger partial charge >= 0.3 is 0 Å². The van der Waals surface area contributed by atoms with Crippen molar-refractivity contribution in [3.63, 3.8) is 0 Å². The van der Waals surface area contributed by atoms with Crippen LogP contribution in [0.15, 0.2) is 18.2 Å². The van der Waals surface area contributed by atoms with Crippen LogP contribution in [0.1, 0.15) is 12.1 Å². The highest BCUT2D eigenvalue weighted by Crippen LogP contribution is 2.22. The quantitative estimate of drug-likeness (QED) is 0.898. The van der Waals surface area contributed by atoms with Crippen LogP contribution >= 0.6 is 0 Å². The first-order valence-corrected chi connectivity index (χ1v) is 6.42. The summed E-state index contributed by atoms with van der Waals surface area (Å²) in [6.07, 6.45) is 0.892. The van der Waals surface area contributed by atoms with E-state index >= 15 is 0 Å². The Labute approximate surface area is 111 Å². The topological polar surface area (TPSA) is 60.7 Å². The van der Waals surface area contributed by atoms with E-state index < -0.39 is 0 Å². The molecule has 6 heteroatoms. The molecule has 1 fully saturated rings. The molecule has 1 unspecified atom stereocenters. The Bertz CT molecular complexity index is 575. The van der Waals surface area contributed by atoms with Crippen molar-refractivity contribution in [3.8, 4) is 0 Å². The fraction of sp³-hybridized carbons (Fsp3) is 0.538. The maximum absolute atomic E-state index is 5.57. The molecule has 1 aliphatic heterocycles. The largest absolute Gasteiger partial charge is 0.378 e. The van der Waals surface area contributed by atoms with E-state index in [0.29, 0.717) is 19.1 Å². The number of rotatable bonds is 4. The zero-order valence-corrected chi connectivity index (χ0v) is 11.2. The number of methoxy groups -OCH3 is 1. The molecule has 0 bridgehead atoms. The first kappa shape index (κ1) is 12.4. The van der Waals surface area contributed by atoms with Crippen LogP contribution in [0, 0.1) is 6.92 Å². The number of nitrogens with one attached hydrogen (secondary N) is 1. The van der Waals surface area contributed by atoms with Crippen LogP contribution in [0.25, 0.3) is 5.65 Å². The second-order valence-corrected chi connectivity index (χ2v) is 4.92. The molecule has 19 heavy (non-hydrogen) atoms. The van der Waals surface area contributed by atoms with Crippen molar-refractivity contribution in [1.29, 1.82) is 0 Å². The van der Waals surface area contributed by atoms with Crippen molar-refractivity contribution < 1.29 is 9.47 Å². The summed E-state index contributed by atoms with van der Waals surface area (Å²) in [4.78, 5) is 4.44. The average molecular weight is 262 g/mol. The van der Waals surface area contributed by atoms with Crippen LogP contribution in [0.2, 0.25) is 0 Å². The molecule has 1 atom stereocenters. The highest BCUT2D eigenvalue weighted by Gasteiger charge is 2.35. The minimum Gasteiger partial charge on any atom is -0.378 e. The Morgan fingerprint density at radius 3 is 3.11 bits per heavy atom. The number of ether oxygens (including phenoxy) is 2. The van der Waals surface area contributed by atoms with Gasteiger partial charge in [0.05, 0.1) is 6.61 Å². The monoisotopic (exact) mass is 262 g/mol. The summed E-state index contributed by atoms with van der Waals surface area (Å²) in [5.41, 5.74) is 1.65. The van der Waals surface area contributed by atoms with Crippen molar-refractivity contribution in [2.45, 2.75) is 18.9 Å². The smallest absolute Gasteiger partial charge is 0.243 e. The van der Waals surface area contributed by atoms with Crippen LogP contribution in [0.4, 0.5) is 5.95 Å². The van der Waals surface area contributed by atoms with Crippen LogP contribution in [0.3, 0.4) is 0 Å². The van der Waals surface area contributed by atoms with Crippen LogP contribution < -0.4 is 5.32 Å². The van der Waals surface area contributed by atoms with E-state index in [-0.39, 0.29) is 5.60 Å². The number of nitrogens with zero attached hydrogens (tertiary/aromatic N) is 3. The molecule has 2 aromatic heterocycles. The van der Waals surface area contributed by atoms with E-state index in [4.69, 9.17) is 9.47 Å². The van der Waals surface area contributed by atoms with Gasteiger partial charge in [0.1, 0.15) is 5.60 Å². The summed E-state index contributed by atoms with van der Waals surface area (Å²) in [6, 6.07) is 5.92. The SMILES string of the molecule is COC1(CNc2nc3cccc(C)n3n2)CCOC1. The second-order valence-electron chi connectivity index (χ2n) is 4.92. The average Bonchev–Trinajstić information content (AvgIpc) is 3.04. The van der Waals surface area contributed by atoms with Crippen LogP contribution in [0.5, 0.6) is 0 Å². The maximum Gasteiger partial charge on any atom is 0.243 e.